The van der Waals surface area contributed by atoms with E-state index in [1.54, 1.807) is 0 Å². The van der Waals surface area contributed by atoms with Crippen LogP contribution in [0.5, 0.6) is 0 Å². The fourth-order valence-electron chi connectivity index (χ4n) is 1.02. The van der Waals surface area contributed by atoms with Gasteiger partial charge in [-0.1, -0.05) is 11.6 Å². The molecule has 1 aromatic rings. The predicted molar refractivity (Wildman–Crippen MR) is 54.2 cm³/mol. The van der Waals surface area contributed by atoms with Gasteiger partial charge in [0.25, 0.3) is 5.91 Å². The maximum atomic E-state index is 10.8. The average molecular weight is 214 g/mol. The quantitative estimate of drug-likeness (QED) is 0.362. The van der Waals surface area contributed by atoms with Crippen LogP contribution in [0.4, 0.5) is 5.69 Å². The van der Waals surface area contributed by atoms with Crippen molar-refractivity contribution in [1.29, 1.82) is 0 Å². The van der Waals surface area contributed by atoms with Gasteiger partial charge in [-0.2, -0.15) is 0 Å². The molecule has 0 aliphatic rings. The number of nitrogen functional groups attached to an aromatic ring is 1. The van der Waals surface area contributed by atoms with Crippen molar-refractivity contribution >= 4 is 35.8 Å². The second-order valence-corrected chi connectivity index (χ2v) is 3.11. The zero-order chi connectivity index (χ0) is 10.9. The van der Waals surface area contributed by atoms with Gasteiger partial charge in [-0.05, 0) is 12.1 Å². The SMILES string of the molecule is NC(=O)c1cc(Cl)c(B(O)O)cc1N. The van der Waals surface area contributed by atoms with Crippen molar-refractivity contribution in [2.24, 2.45) is 5.73 Å². The molecule has 7 heteroatoms. The van der Waals surface area contributed by atoms with Crippen molar-refractivity contribution in [2.75, 3.05) is 5.73 Å². The summed E-state index contributed by atoms with van der Waals surface area (Å²) in [6.45, 7) is 0. The van der Waals surface area contributed by atoms with E-state index in [1.807, 2.05) is 0 Å². The standard InChI is InChI=1S/C7H8BClN2O3/c9-5-1-3(7(11)12)6(10)2-4(5)8(13)14/h1-2,13-14H,10H2,(H2,11,12). The lowest BCUT2D eigenvalue weighted by Crippen LogP contribution is -2.32. The Balaban J connectivity index is 3.31. The number of carbonyl (C=O) groups is 1. The summed E-state index contributed by atoms with van der Waals surface area (Å²) in [7, 11) is -1.73. The summed E-state index contributed by atoms with van der Waals surface area (Å²) in [5, 5.41) is 17.7. The number of halogens is 1. The second kappa shape index (κ2) is 3.87. The fraction of sp³-hybridized carbons (Fsp3) is 0. The number of carbonyl (C=O) groups excluding carboxylic acids is 1. The monoisotopic (exact) mass is 214 g/mol. The molecular formula is C7H8BClN2O3. The number of amides is 1. The van der Waals surface area contributed by atoms with E-state index in [4.69, 9.17) is 33.1 Å². The smallest absolute Gasteiger partial charge is 0.423 e. The normalized spacial score (nSPS) is 9.93. The first kappa shape index (κ1) is 10.8. The molecule has 0 saturated carbocycles. The minimum Gasteiger partial charge on any atom is -0.423 e. The van der Waals surface area contributed by atoms with Gasteiger partial charge in [0.05, 0.1) is 5.56 Å². The molecule has 14 heavy (non-hydrogen) atoms. The molecular weight excluding hydrogens is 206 g/mol. The lowest BCUT2D eigenvalue weighted by Gasteiger charge is -2.07. The van der Waals surface area contributed by atoms with Gasteiger partial charge in [0.2, 0.25) is 0 Å². The van der Waals surface area contributed by atoms with E-state index in [9.17, 15) is 4.79 Å². The van der Waals surface area contributed by atoms with E-state index in [-0.39, 0.29) is 21.7 Å². The lowest BCUT2D eigenvalue weighted by molar-refractivity contribution is 0.100. The second-order valence-electron chi connectivity index (χ2n) is 2.70. The highest BCUT2D eigenvalue weighted by atomic mass is 35.5. The Kier molecular flexibility index (Phi) is 3.00. The molecule has 1 amide bonds. The molecule has 0 aromatic heterocycles. The van der Waals surface area contributed by atoms with Crippen molar-refractivity contribution in [3.63, 3.8) is 0 Å². The Morgan fingerprint density at radius 1 is 1.43 bits per heavy atom. The largest absolute Gasteiger partial charge is 0.490 e. The van der Waals surface area contributed by atoms with Crippen LogP contribution in [0.1, 0.15) is 10.4 Å². The van der Waals surface area contributed by atoms with Crippen molar-refractivity contribution < 1.29 is 14.8 Å². The van der Waals surface area contributed by atoms with Crippen LogP contribution in [0.25, 0.3) is 0 Å². The third-order valence-electron chi connectivity index (χ3n) is 1.71. The van der Waals surface area contributed by atoms with Gasteiger partial charge in [0.1, 0.15) is 0 Å². The van der Waals surface area contributed by atoms with E-state index >= 15 is 0 Å². The van der Waals surface area contributed by atoms with Gasteiger partial charge < -0.3 is 21.5 Å². The lowest BCUT2D eigenvalue weighted by atomic mass is 9.79. The number of benzene rings is 1. The zero-order valence-electron chi connectivity index (χ0n) is 7.07. The molecule has 0 bridgehead atoms. The molecule has 6 N–H and O–H groups in total. The minimum absolute atomic E-state index is 0.0306. The number of hydrogen-bond donors (Lipinski definition) is 4. The van der Waals surface area contributed by atoms with Gasteiger partial charge in [0, 0.05) is 16.2 Å². The Bertz CT molecular complexity index is 383. The van der Waals surface area contributed by atoms with Crippen molar-refractivity contribution in [1.82, 2.24) is 0 Å². The number of hydrogen-bond acceptors (Lipinski definition) is 4. The molecule has 0 unspecified atom stereocenters. The Morgan fingerprint density at radius 2 is 2.00 bits per heavy atom. The molecule has 0 aliphatic carbocycles. The van der Waals surface area contributed by atoms with Crippen LogP contribution in [0.15, 0.2) is 12.1 Å². The first-order chi connectivity index (χ1) is 6.43. The topological polar surface area (TPSA) is 110 Å². The average Bonchev–Trinajstić information content (AvgIpc) is 2.07. The van der Waals surface area contributed by atoms with Gasteiger partial charge >= 0.3 is 7.12 Å². The van der Waals surface area contributed by atoms with E-state index in [0.717, 1.165) is 0 Å². The van der Waals surface area contributed by atoms with Crippen LogP contribution < -0.4 is 16.9 Å². The molecule has 0 radical (unpaired) electrons. The van der Waals surface area contributed by atoms with Crippen LogP contribution in [0.2, 0.25) is 5.02 Å². The minimum atomic E-state index is -1.73. The molecule has 0 atom stereocenters. The van der Waals surface area contributed by atoms with Gasteiger partial charge in [-0.15, -0.1) is 0 Å². The summed E-state index contributed by atoms with van der Waals surface area (Å²) in [6, 6.07) is 2.40. The van der Waals surface area contributed by atoms with Crippen LogP contribution in [-0.4, -0.2) is 23.1 Å². The fourth-order valence-corrected chi connectivity index (χ4v) is 1.28. The molecule has 74 valence electrons. The first-order valence-corrected chi connectivity index (χ1v) is 4.06. The number of nitrogens with two attached hydrogens (primary N) is 2. The molecule has 1 aromatic carbocycles. The van der Waals surface area contributed by atoms with E-state index in [1.165, 1.54) is 12.1 Å². The predicted octanol–water partition coefficient (Wildman–Crippen LogP) is -1.30. The Morgan fingerprint density at radius 3 is 2.43 bits per heavy atom. The third-order valence-corrected chi connectivity index (χ3v) is 2.04. The first-order valence-electron chi connectivity index (χ1n) is 3.68. The van der Waals surface area contributed by atoms with E-state index in [0.29, 0.717) is 0 Å². The third kappa shape index (κ3) is 1.98. The van der Waals surface area contributed by atoms with Crippen LogP contribution in [0.3, 0.4) is 0 Å². The van der Waals surface area contributed by atoms with Gasteiger partial charge in [0.15, 0.2) is 0 Å². The summed E-state index contributed by atoms with van der Waals surface area (Å²) in [5.74, 6) is -0.719. The van der Waals surface area contributed by atoms with E-state index < -0.39 is 13.0 Å². The van der Waals surface area contributed by atoms with Gasteiger partial charge in [-0.25, -0.2) is 0 Å². The van der Waals surface area contributed by atoms with Crippen molar-refractivity contribution in [2.45, 2.75) is 0 Å². The molecule has 0 aliphatic heterocycles. The number of anilines is 1. The molecule has 5 nitrogen and oxygen atoms in total. The maximum Gasteiger partial charge on any atom is 0.490 e. The van der Waals surface area contributed by atoms with Gasteiger partial charge in [-0.3, -0.25) is 4.79 Å². The summed E-state index contributed by atoms with van der Waals surface area (Å²) < 4.78 is 0. The zero-order valence-corrected chi connectivity index (χ0v) is 7.82. The van der Waals surface area contributed by atoms with Crippen molar-refractivity contribution in [3.8, 4) is 0 Å². The summed E-state index contributed by atoms with van der Waals surface area (Å²) in [4.78, 5) is 10.8. The molecule has 1 rings (SSSR count). The van der Waals surface area contributed by atoms with Crippen LogP contribution in [0, 0.1) is 0 Å². The highest BCUT2D eigenvalue weighted by Gasteiger charge is 2.18. The van der Waals surface area contributed by atoms with E-state index in [2.05, 4.69) is 0 Å². The van der Waals surface area contributed by atoms with Crippen LogP contribution >= 0.6 is 11.6 Å². The highest BCUT2D eigenvalue weighted by molar-refractivity contribution is 6.63. The number of primary amides is 1. The number of rotatable bonds is 2. The molecule has 0 heterocycles. The van der Waals surface area contributed by atoms with Crippen molar-refractivity contribution in [3.05, 3.63) is 22.7 Å². The molecule has 0 fully saturated rings. The summed E-state index contributed by atoms with van der Waals surface area (Å²) in [5.41, 5.74) is 10.6. The Labute approximate surface area is 85.4 Å². The summed E-state index contributed by atoms with van der Waals surface area (Å²) in [6.07, 6.45) is 0. The highest BCUT2D eigenvalue weighted by Crippen LogP contribution is 2.15. The maximum absolute atomic E-state index is 10.8. The summed E-state index contributed by atoms with van der Waals surface area (Å²) >= 11 is 5.66. The van der Waals surface area contributed by atoms with Crippen LogP contribution in [-0.2, 0) is 0 Å². The Hall–Kier alpha value is -1.24. The molecule has 0 spiro atoms. The molecule has 0 saturated heterocycles.